The molecule has 1 heterocycles. The van der Waals surface area contributed by atoms with E-state index < -0.39 is 41.3 Å². The van der Waals surface area contributed by atoms with Gasteiger partial charge in [0.15, 0.2) is 5.69 Å². The van der Waals surface area contributed by atoms with E-state index in [1.807, 2.05) is 6.92 Å². The summed E-state index contributed by atoms with van der Waals surface area (Å²) in [6, 6.07) is 6.33. The second-order valence-corrected chi connectivity index (χ2v) is 5.31. The van der Waals surface area contributed by atoms with Crippen LogP contribution in [0.4, 0.5) is 22.0 Å². The molecule has 0 radical (unpaired) electrons. The third kappa shape index (κ3) is 2.42. The van der Waals surface area contributed by atoms with Crippen molar-refractivity contribution in [3.8, 4) is 5.69 Å². The van der Waals surface area contributed by atoms with Gasteiger partial charge in [-0.3, -0.25) is 4.79 Å². The van der Waals surface area contributed by atoms with Crippen molar-refractivity contribution < 1.29 is 26.7 Å². The SMILES string of the molecule is CCc1ccc(-n2nc(C(F)(F)F)c3c2CC(F)(F)C3=O)cc1. The Morgan fingerprint density at radius 1 is 1.22 bits per heavy atom. The Bertz CT molecular complexity index is 774. The Labute approximate surface area is 127 Å². The summed E-state index contributed by atoms with van der Waals surface area (Å²) in [5, 5.41) is 3.38. The van der Waals surface area contributed by atoms with Crippen molar-refractivity contribution in [2.75, 3.05) is 0 Å². The fraction of sp³-hybridized carbons (Fsp3) is 0.333. The van der Waals surface area contributed by atoms with Crippen molar-refractivity contribution >= 4 is 5.78 Å². The van der Waals surface area contributed by atoms with Crippen LogP contribution in [0.25, 0.3) is 5.69 Å². The number of halogens is 5. The maximum Gasteiger partial charge on any atom is 0.435 e. The lowest BCUT2D eigenvalue weighted by molar-refractivity contribution is -0.141. The van der Waals surface area contributed by atoms with Gasteiger partial charge in [-0.2, -0.15) is 27.1 Å². The highest BCUT2D eigenvalue weighted by Crippen LogP contribution is 2.42. The van der Waals surface area contributed by atoms with E-state index in [1.54, 1.807) is 12.1 Å². The molecular weight excluding hydrogens is 319 g/mol. The second kappa shape index (κ2) is 4.87. The van der Waals surface area contributed by atoms with Crippen LogP contribution in [-0.2, 0) is 19.0 Å². The quantitative estimate of drug-likeness (QED) is 0.785. The van der Waals surface area contributed by atoms with Crippen LogP contribution in [0.2, 0.25) is 0 Å². The molecule has 0 saturated carbocycles. The molecule has 1 aromatic carbocycles. The lowest BCUT2D eigenvalue weighted by Crippen LogP contribution is -2.26. The van der Waals surface area contributed by atoms with E-state index in [0.29, 0.717) is 0 Å². The lowest BCUT2D eigenvalue weighted by Gasteiger charge is -2.10. The number of Topliss-reactive ketones (excluding diaryl/α,β-unsaturated/α-hetero) is 1. The topological polar surface area (TPSA) is 34.9 Å². The zero-order valence-corrected chi connectivity index (χ0v) is 11.9. The minimum Gasteiger partial charge on any atom is -0.287 e. The first-order valence-electron chi connectivity index (χ1n) is 6.86. The summed E-state index contributed by atoms with van der Waals surface area (Å²) in [4.78, 5) is 11.6. The molecule has 0 atom stereocenters. The zero-order chi connectivity index (χ0) is 17.0. The first-order chi connectivity index (χ1) is 10.6. The molecule has 0 N–H and O–H groups in total. The summed E-state index contributed by atoms with van der Waals surface area (Å²) in [6.45, 7) is 1.90. The first-order valence-corrected chi connectivity index (χ1v) is 6.86. The number of carbonyl (C=O) groups excluding carboxylic acids is 1. The number of ketones is 1. The molecule has 0 bridgehead atoms. The number of carbonyl (C=O) groups is 1. The van der Waals surface area contributed by atoms with E-state index in [0.717, 1.165) is 16.7 Å². The summed E-state index contributed by atoms with van der Waals surface area (Å²) in [5.74, 6) is -5.66. The smallest absolute Gasteiger partial charge is 0.287 e. The summed E-state index contributed by atoms with van der Waals surface area (Å²) >= 11 is 0. The minimum absolute atomic E-state index is 0.208. The number of rotatable bonds is 2. The molecule has 23 heavy (non-hydrogen) atoms. The fourth-order valence-electron chi connectivity index (χ4n) is 2.61. The molecule has 2 aromatic rings. The summed E-state index contributed by atoms with van der Waals surface area (Å²) in [5.41, 5.74) is -1.85. The van der Waals surface area contributed by atoms with Gasteiger partial charge in [0.25, 0.3) is 0 Å². The van der Waals surface area contributed by atoms with Crippen LogP contribution in [0, 0.1) is 0 Å². The minimum atomic E-state index is -4.98. The molecule has 1 aromatic heterocycles. The number of nitrogens with zero attached hydrogens (tertiary/aromatic N) is 2. The molecule has 3 nitrogen and oxygen atoms in total. The van der Waals surface area contributed by atoms with Gasteiger partial charge in [-0.25, -0.2) is 4.68 Å². The molecule has 1 aliphatic carbocycles. The molecule has 0 fully saturated rings. The largest absolute Gasteiger partial charge is 0.435 e. The summed E-state index contributed by atoms with van der Waals surface area (Å²) < 4.78 is 67.1. The Balaban J connectivity index is 2.20. The number of aryl methyl sites for hydroxylation is 1. The molecule has 0 amide bonds. The molecular formula is C15H11F5N2O. The number of hydrogen-bond acceptors (Lipinski definition) is 2. The molecule has 0 unspecified atom stereocenters. The lowest BCUT2D eigenvalue weighted by atomic mass is 10.1. The number of fused-ring (bicyclic) bond motifs is 1. The molecule has 1 aliphatic rings. The monoisotopic (exact) mass is 330 g/mol. The molecule has 0 aliphatic heterocycles. The van der Waals surface area contributed by atoms with Crippen molar-refractivity contribution in [2.45, 2.75) is 31.9 Å². The van der Waals surface area contributed by atoms with Crippen molar-refractivity contribution in [1.82, 2.24) is 9.78 Å². The van der Waals surface area contributed by atoms with Gasteiger partial charge in [-0.05, 0) is 24.1 Å². The Morgan fingerprint density at radius 2 is 1.83 bits per heavy atom. The highest BCUT2D eigenvalue weighted by atomic mass is 19.4. The maximum absolute atomic E-state index is 13.6. The number of hydrogen-bond donors (Lipinski definition) is 0. The van der Waals surface area contributed by atoms with Gasteiger partial charge in [0.1, 0.15) is 0 Å². The van der Waals surface area contributed by atoms with Crippen molar-refractivity contribution in [1.29, 1.82) is 0 Å². The zero-order valence-electron chi connectivity index (χ0n) is 11.9. The van der Waals surface area contributed by atoms with Crippen molar-refractivity contribution in [2.24, 2.45) is 0 Å². The van der Waals surface area contributed by atoms with E-state index in [4.69, 9.17) is 0 Å². The third-order valence-electron chi connectivity index (χ3n) is 3.79. The molecule has 0 saturated heterocycles. The van der Waals surface area contributed by atoms with Crippen molar-refractivity contribution in [3.05, 3.63) is 46.8 Å². The molecule has 0 spiro atoms. The number of benzene rings is 1. The van der Waals surface area contributed by atoms with Gasteiger partial charge in [-0.1, -0.05) is 19.1 Å². The predicted octanol–water partition coefficient (Wildman–Crippen LogP) is 3.83. The van der Waals surface area contributed by atoms with Crippen LogP contribution in [0.15, 0.2) is 24.3 Å². The van der Waals surface area contributed by atoms with Gasteiger partial charge < -0.3 is 0 Å². The predicted molar refractivity (Wildman–Crippen MR) is 70.9 cm³/mol. The highest BCUT2D eigenvalue weighted by Gasteiger charge is 2.54. The Kier molecular flexibility index (Phi) is 3.31. The summed E-state index contributed by atoms with van der Waals surface area (Å²) in [6.07, 6.45) is -5.34. The number of aromatic nitrogens is 2. The average Bonchev–Trinajstić information content (AvgIpc) is 2.94. The van der Waals surface area contributed by atoms with Crippen LogP contribution >= 0.6 is 0 Å². The molecule has 3 rings (SSSR count). The Hall–Kier alpha value is -2.25. The van der Waals surface area contributed by atoms with Crippen LogP contribution in [-0.4, -0.2) is 21.5 Å². The average molecular weight is 330 g/mol. The van der Waals surface area contributed by atoms with Gasteiger partial charge >= 0.3 is 12.1 Å². The second-order valence-electron chi connectivity index (χ2n) is 5.31. The van der Waals surface area contributed by atoms with Crippen LogP contribution in [0.5, 0.6) is 0 Å². The molecule has 8 heteroatoms. The van der Waals surface area contributed by atoms with E-state index >= 15 is 0 Å². The van der Waals surface area contributed by atoms with Crippen LogP contribution < -0.4 is 0 Å². The van der Waals surface area contributed by atoms with Crippen LogP contribution in [0.1, 0.15) is 34.2 Å². The van der Waals surface area contributed by atoms with E-state index in [-0.39, 0.29) is 5.69 Å². The van der Waals surface area contributed by atoms with Gasteiger partial charge in [0.2, 0.25) is 5.78 Å². The Morgan fingerprint density at radius 3 is 2.35 bits per heavy atom. The van der Waals surface area contributed by atoms with Gasteiger partial charge in [-0.15, -0.1) is 0 Å². The fourth-order valence-corrected chi connectivity index (χ4v) is 2.61. The summed E-state index contributed by atoms with van der Waals surface area (Å²) in [7, 11) is 0. The molecule has 122 valence electrons. The number of alkyl halides is 5. The third-order valence-corrected chi connectivity index (χ3v) is 3.79. The van der Waals surface area contributed by atoms with E-state index in [2.05, 4.69) is 5.10 Å². The van der Waals surface area contributed by atoms with E-state index in [1.165, 1.54) is 12.1 Å². The van der Waals surface area contributed by atoms with Gasteiger partial charge in [0, 0.05) is 0 Å². The van der Waals surface area contributed by atoms with Crippen LogP contribution in [0.3, 0.4) is 0 Å². The van der Waals surface area contributed by atoms with Crippen molar-refractivity contribution in [3.63, 3.8) is 0 Å². The van der Waals surface area contributed by atoms with E-state index in [9.17, 15) is 26.7 Å². The first kappa shape index (κ1) is 15.6. The maximum atomic E-state index is 13.6. The standard InChI is InChI=1S/C15H11F5N2O/c1-2-8-3-5-9(6-4-8)22-10-7-14(16,17)13(23)11(10)12(21-22)15(18,19)20/h3-6H,2,7H2,1H3. The highest BCUT2D eigenvalue weighted by molar-refractivity contribution is 6.06. The normalized spacial score (nSPS) is 16.7. The van der Waals surface area contributed by atoms with Gasteiger partial charge in [0.05, 0.1) is 23.4 Å².